The molecule has 1 aliphatic carbocycles. The first-order valence-corrected chi connectivity index (χ1v) is 6.25. The molecule has 94 valence electrons. The van der Waals surface area contributed by atoms with Crippen LogP contribution in [-0.4, -0.2) is 12.6 Å². The Balaban J connectivity index is 2.12. The van der Waals surface area contributed by atoms with Crippen LogP contribution in [0.4, 0.5) is 10.5 Å². The number of allylic oxidation sites excluding steroid dienone is 2. The number of hydrogen-bond acceptors (Lipinski definition) is 1. The lowest BCUT2D eigenvalue weighted by atomic mass is 10.0. The van der Waals surface area contributed by atoms with Crippen LogP contribution in [0.2, 0.25) is 0 Å². The smallest absolute Gasteiger partial charge is 0.319 e. The van der Waals surface area contributed by atoms with Crippen LogP contribution in [0.1, 0.15) is 24.8 Å². The summed E-state index contributed by atoms with van der Waals surface area (Å²) >= 11 is 0. The van der Waals surface area contributed by atoms with Crippen LogP contribution in [0.25, 0.3) is 5.57 Å². The molecule has 0 aromatic heterocycles. The first-order chi connectivity index (χ1) is 8.81. The summed E-state index contributed by atoms with van der Waals surface area (Å²) in [6.07, 6.45) is 7.33. The monoisotopic (exact) mass is 242 g/mol. The quantitative estimate of drug-likeness (QED) is 0.779. The van der Waals surface area contributed by atoms with E-state index in [1.807, 2.05) is 18.2 Å². The zero-order chi connectivity index (χ0) is 12.8. The third-order valence-corrected chi connectivity index (χ3v) is 2.97. The molecule has 3 heteroatoms. The van der Waals surface area contributed by atoms with E-state index in [-0.39, 0.29) is 6.03 Å². The van der Waals surface area contributed by atoms with Crippen LogP contribution in [0.3, 0.4) is 0 Å². The van der Waals surface area contributed by atoms with Crippen molar-refractivity contribution in [3.63, 3.8) is 0 Å². The number of carbonyl (C=O) groups excluding carboxylic acids is 1. The number of hydrogen-bond donors (Lipinski definition) is 2. The fraction of sp³-hybridized carbons (Fsp3) is 0.267. The Bertz CT molecular complexity index is 477. The normalized spacial score (nSPS) is 13.9. The molecule has 0 aliphatic heterocycles. The summed E-state index contributed by atoms with van der Waals surface area (Å²) in [5.74, 6) is 0. The zero-order valence-electron chi connectivity index (χ0n) is 10.4. The summed E-state index contributed by atoms with van der Waals surface area (Å²) in [5, 5.41) is 5.59. The molecule has 0 spiro atoms. The third kappa shape index (κ3) is 3.00. The Kier molecular flexibility index (Phi) is 4.18. The summed E-state index contributed by atoms with van der Waals surface area (Å²) in [4.78, 5) is 11.6. The van der Waals surface area contributed by atoms with Gasteiger partial charge < -0.3 is 10.6 Å². The second kappa shape index (κ2) is 6.05. The van der Waals surface area contributed by atoms with Crippen molar-refractivity contribution in [3.05, 3.63) is 48.6 Å². The second-order valence-electron chi connectivity index (χ2n) is 4.29. The van der Waals surface area contributed by atoms with Crippen molar-refractivity contribution in [2.45, 2.75) is 19.3 Å². The highest BCUT2D eigenvalue weighted by Crippen LogP contribution is 2.32. The molecule has 0 fully saturated rings. The van der Waals surface area contributed by atoms with Crippen LogP contribution in [0.5, 0.6) is 0 Å². The van der Waals surface area contributed by atoms with Crippen molar-refractivity contribution in [1.82, 2.24) is 5.32 Å². The Labute approximate surface area is 108 Å². The van der Waals surface area contributed by atoms with Gasteiger partial charge in [-0.05, 0) is 30.9 Å². The van der Waals surface area contributed by atoms with Crippen LogP contribution in [-0.2, 0) is 0 Å². The molecular formula is C15H18N2O. The Morgan fingerprint density at radius 2 is 2.22 bits per heavy atom. The topological polar surface area (TPSA) is 41.1 Å². The van der Waals surface area contributed by atoms with Gasteiger partial charge in [0.05, 0.1) is 0 Å². The van der Waals surface area contributed by atoms with Gasteiger partial charge in [-0.2, -0.15) is 0 Å². The molecule has 0 radical (unpaired) electrons. The van der Waals surface area contributed by atoms with Gasteiger partial charge in [-0.25, -0.2) is 4.79 Å². The highest BCUT2D eigenvalue weighted by Gasteiger charge is 2.12. The summed E-state index contributed by atoms with van der Waals surface area (Å²) in [5.41, 5.74) is 3.32. The van der Waals surface area contributed by atoms with Gasteiger partial charge in [-0.15, -0.1) is 6.58 Å². The molecule has 3 nitrogen and oxygen atoms in total. The molecule has 0 saturated heterocycles. The maximum Gasteiger partial charge on any atom is 0.319 e. The standard InChI is InChI=1S/C15H18N2O/c1-2-11-16-15(18)17-14-10-6-5-9-13(14)12-7-3-4-8-12/h2,5-7,9-10H,1,3-4,8,11H2,(H2,16,17,18). The molecule has 2 rings (SSSR count). The number of carbonyl (C=O) groups is 1. The van der Waals surface area contributed by atoms with Gasteiger partial charge in [0, 0.05) is 17.8 Å². The third-order valence-electron chi connectivity index (χ3n) is 2.97. The molecule has 0 heterocycles. The Hall–Kier alpha value is -2.03. The van der Waals surface area contributed by atoms with Crippen LogP contribution in [0, 0.1) is 0 Å². The van der Waals surface area contributed by atoms with Gasteiger partial charge >= 0.3 is 6.03 Å². The summed E-state index contributed by atoms with van der Waals surface area (Å²) in [6, 6.07) is 7.73. The molecule has 2 N–H and O–H groups in total. The van der Waals surface area contributed by atoms with E-state index < -0.39 is 0 Å². The minimum atomic E-state index is -0.194. The fourth-order valence-corrected chi connectivity index (χ4v) is 2.12. The average Bonchev–Trinajstić information content (AvgIpc) is 2.91. The second-order valence-corrected chi connectivity index (χ2v) is 4.29. The highest BCUT2D eigenvalue weighted by molar-refractivity contribution is 5.93. The Morgan fingerprint density at radius 3 is 2.94 bits per heavy atom. The number of para-hydroxylation sites is 1. The van der Waals surface area contributed by atoms with E-state index in [0.29, 0.717) is 6.54 Å². The number of anilines is 1. The van der Waals surface area contributed by atoms with E-state index in [9.17, 15) is 4.79 Å². The van der Waals surface area contributed by atoms with Crippen molar-refractivity contribution in [3.8, 4) is 0 Å². The van der Waals surface area contributed by atoms with Gasteiger partial charge in [0.2, 0.25) is 0 Å². The van der Waals surface area contributed by atoms with Crippen LogP contribution < -0.4 is 10.6 Å². The first kappa shape index (κ1) is 12.4. The van der Waals surface area contributed by atoms with E-state index in [1.54, 1.807) is 6.08 Å². The number of rotatable bonds is 4. The lowest BCUT2D eigenvalue weighted by Crippen LogP contribution is -2.28. The molecule has 0 unspecified atom stereocenters. The van der Waals surface area contributed by atoms with E-state index in [2.05, 4.69) is 29.4 Å². The lowest BCUT2D eigenvalue weighted by molar-refractivity contribution is 0.253. The molecule has 0 atom stereocenters. The minimum absolute atomic E-state index is 0.194. The number of benzene rings is 1. The lowest BCUT2D eigenvalue weighted by Gasteiger charge is -2.12. The fourth-order valence-electron chi connectivity index (χ4n) is 2.12. The van der Waals surface area contributed by atoms with E-state index >= 15 is 0 Å². The highest BCUT2D eigenvalue weighted by atomic mass is 16.2. The first-order valence-electron chi connectivity index (χ1n) is 6.25. The van der Waals surface area contributed by atoms with E-state index in [1.165, 1.54) is 12.0 Å². The van der Waals surface area contributed by atoms with Crippen molar-refractivity contribution < 1.29 is 4.79 Å². The van der Waals surface area contributed by atoms with Crippen molar-refractivity contribution in [2.75, 3.05) is 11.9 Å². The number of urea groups is 1. The van der Waals surface area contributed by atoms with Crippen molar-refractivity contribution in [2.24, 2.45) is 0 Å². The molecular weight excluding hydrogens is 224 g/mol. The van der Waals surface area contributed by atoms with Gasteiger partial charge in [-0.1, -0.05) is 30.4 Å². The summed E-state index contributed by atoms with van der Waals surface area (Å²) in [6.45, 7) is 4.04. The van der Waals surface area contributed by atoms with Gasteiger partial charge in [0.25, 0.3) is 0 Å². The molecule has 0 saturated carbocycles. The SMILES string of the molecule is C=CCNC(=O)Nc1ccccc1C1=CCCC1. The molecule has 18 heavy (non-hydrogen) atoms. The van der Waals surface area contributed by atoms with E-state index in [4.69, 9.17) is 0 Å². The van der Waals surface area contributed by atoms with Crippen molar-refractivity contribution >= 4 is 17.3 Å². The van der Waals surface area contributed by atoms with Gasteiger partial charge in [0.1, 0.15) is 0 Å². The number of amides is 2. The molecule has 0 bridgehead atoms. The van der Waals surface area contributed by atoms with E-state index in [0.717, 1.165) is 24.1 Å². The molecule has 1 aliphatic rings. The van der Waals surface area contributed by atoms with Crippen LogP contribution >= 0.6 is 0 Å². The Morgan fingerprint density at radius 1 is 1.39 bits per heavy atom. The maximum absolute atomic E-state index is 11.6. The predicted molar refractivity (Wildman–Crippen MR) is 75.5 cm³/mol. The molecule has 2 amide bonds. The zero-order valence-corrected chi connectivity index (χ0v) is 10.4. The molecule has 1 aromatic rings. The number of nitrogens with one attached hydrogen (secondary N) is 2. The predicted octanol–water partition coefficient (Wildman–Crippen LogP) is 3.56. The molecule has 1 aromatic carbocycles. The summed E-state index contributed by atoms with van der Waals surface area (Å²) < 4.78 is 0. The van der Waals surface area contributed by atoms with Crippen LogP contribution in [0.15, 0.2) is 43.0 Å². The van der Waals surface area contributed by atoms with Gasteiger partial charge in [-0.3, -0.25) is 0 Å². The van der Waals surface area contributed by atoms with Crippen molar-refractivity contribution in [1.29, 1.82) is 0 Å². The maximum atomic E-state index is 11.6. The van der Waals surface area contributed by atoms with Gasteiger partial charge in [0.15, 0.2) is 0 Å². The average molecular weight is 242 g/mol. The largest absolute Gasteiger partial charge is 0.334 e. The minimum Gasteiger partial charge on any atom is -0.334 e. The summed E-state index contributed by atoms with van der Waals surface area (Å²) in [7, 11) is 0.